The maximum absolute atomic E-state index is 13.9. The van der Waals surface area contributed by atoms with E-state index in [1.165, 1.54) is 17.8 Å². The van der Waals surface area contributed by atoms with E-state index in [-0.39, 0.29) is 11.7 Å². The van der Waals surface area contributed by atoms with Gasteiger partial charge in [-0.2, -0.15) is 0 Å². The van der Waals surface area contributed by atoms with Crippen molar-refractivity contribution in [1.82, 2.24) is 9.88 Å². The molecule has 4 rings (SSSR count). The van der Waals surface area contributed by atoms with Crippen molar-refractivity contribution < 1.29 is 18.3 Å². The highest BCUT2D eigenvalue weighted by atomic mass is 19.1. The molecule has 1 aliphatic rings. The highest BCUT2D eigenvalue weighted by molar-refractivity contribution is 5.76. The Morgan fingerprint density at radius 1 is 1.12 bits per heavy atom. The summed E-state index contributed by atoms with van der Waals surface area (Å²) < 4.78 is 24.8. The monoisotopic (exact) mass is 436 g/mol. The molecule has 6 heteroatoms. The van der Waals surface area contributed by atoms with Crippen LogP contribution in [-0.2, 0) is 17.6 Å². The van der Waals surface area contributed by atoms with Gasteiger partial charge in [-0.05, 0) is 61.4 Å². The van der Waals surface area contributed by atoms with Gasteiger partial charge in [-0.25, -0.2) is 9.37 Å². The molecule has 1 amide bonds. The van der Waals surface area contributed by atoms with Gasteiger partial charge in [-0.15, -0.1) is 0 Å². The van der Waals surface area contributed by atoms with Gasteiger partial charge >= 0.3 is 0 Å². The quantitative estimate of drug-likeness (QED) is 0.481. The molecule has 168 valence electrons. The highest BCUT2D eigenvalue weighted by Crippen LogP contribution is 2.25. The Labute approximate surface area is 188 Å². The maximum Gasteiger partial charge on any atom is 0.223 e. The summed E-state index contributed by atoms with van der Waals surface area (Å²) in [6.45, 7) is 1.61. The molecule has 32 heavy (non-hydrogen) atoms. The summed E-state index contributed by atoms with van der Waals surface area (Å²) >= 11 is 0. The number of piperidine rings is 1. The number of amides is 1. The Hall–Kier alpha value is -3.15. The molecule has 0 saturated carbocycles. The number of likely N-dealkylation sites (tertiary alicyclic amines) is 1. The van der Waals surface area contributed by atoms with Crippen molar-refractivity contribution in [3.05, 3.63) is 72.0 Å². The molecule has 0 aliphatic carbocycles. The van der Waals surface area contributed by atoms with Crippen LogP contribution in [0.15, 0.2) is 59.1 Å². The van der Waals surface area contributed by atoms with Crippen LogP contribution in [0.5, 0.6) is 5.75 Å². The van der Waals surface area contributed by atoms with Crippen molar-refractivity contribution in [2.24, 2.45) is 5.92 Å². The highest BCUT2D eigenvalue weighted by Gasteiger charge is 2.23. The minimum Gasteiger partial charge on any atom is -0.497 e. The second kappa shape index (κ2) is 10.4. The number of hydrogen-bond acceptors (Lipinski definition) is 4. The topological polar surface area (TPSA) is 55.6 Å². The van der Waals surface area contributed by atoms with E-state index in [1.54, 1.807) is 25.3 Å². The zero-order valence-corrected chi connectivity index (χ0v) is 18.4. The van der Waals surface area contributed by atoms with E-state index in [0.29, 0.717) is 36.0 Å². The number of aryl methyl sites for hydroxylation is 2. The molecule has 0 N–H and O–H groups in total. The van der Waals surface area contributed by atoms with Crippen molar-refractivity contribution in [3.63, 3.8) is 0 Å². The first kappa shape index (κ1) is 22.1. The largest absolute Gasteiger partial charge is 0.497 e. The van der Waals surface area contributed by atoms with Crippen LogP contribution in [0.2, 0.25) is 0 Å². The Kier molecular flexibility index (Phi) is 7.20. The molecule has 3 aromatic rings. The average molecular weight is 437 g/mol. The molecular weight excluding hydrogens is 407 g/mol. The van der Waals surface area contributed by atoms with Crippen molar-refractivity contribution in [2.45, 2.75) is 38.5 Å². The molecule has 1 saturated heterocycles. The molecule has 5 nitrogen and oxygen atoms in total. The maximum atomic E-state index is 13.9. The normalized spacial score (nSPS) is 14.5. The SMILES string of the molecule is COc1ccc(CCC2CCN(C(=O)CCc3ncc(-c4ccccc4F)o3)CC2)cc1. The Bertz CT molecular complexity index is 1020. The van der Waals surface area contributed by atoms with Crippen LogP contribution >= 0.6 is 0 Å². The lowest BCUT2D eigenvalue weighted by Gasteiger charge is -2.32. The summed E-state index contributed by atoms with van der Waals surface area (Å²) in [5, 5.41) is 0. The van der Waals surface area contributed by atoms with Crippen molar-refractivity contribution >= 4 is 5.91 Å². The molecule has 1 fully saturated rings. The van der Waals surface area contributed by atoms with Crippen LogP contribution in [0.3, 0.4) is 0 Å². The number of rotatable bonds is 8. The predicted octanol–water partition coefficient (Wildman–Crippen LogP) is 5.29. The third kappa shape index (κ3) is 5.55. The fourth-order valence-corrected chi connectivity index (χ4v) is 4.22. The van der Waals surface area contributed by atoms with Crippen LogP contribution in [0.25, 0.3) is 11.3 Å². The fraction of sp³-hybridized carbons (Fsp3) is 0.385. The third-order valence-corrected chi connectivity index (χ3v) is 6.21. The van der Waals surface area contributed by atoms with Crippen LogP contribution in [0.1, 0.15) is 37.1 Å². The molecule has 0 spiro atoms. The van der Waals surface area contributed by atoms with E-state index in [9.17, 15) is 9.18 Å². The van der Waals surface area contributed by atoms with Gasteiger partial charge in [0, 0.05) is 25.9 Å². The molecule has 0 bridgehead atoms. The molecule has 2 heterocycles. The molecule has 0 unspecified atom stereocenters. The van der Waals surface area contributed by atoms with Crippen LogP contribution < -0.4 is 4.74 Å². The summed E-state index contributed by atoms with van der Waals surface area (Å²) in [5.41, 5.74) is 1.71. The van der Waals surface area contributed by atoms with Gasteiger partial charge in [0.15, 0.2) is 11.7 Å². The molecule has 0 radical (unpaired) electrons. The molecule has 0 atom stereocenters. The number of oxazole rings is 1. The average Bonchev–Trinajstić information content (AvgIpc) is 3.31. The van der Waals surface area contributed by atoms with E-state index in [2.05, 4.69) is 17.1 Å². The number of hydrogen-bond donors (Lipinski definition) is 0. The van der Waals surface area contributed by atoms with Crippen LogP contribution in [0, 0.1) is 11.7 Å². The summed E-state index contributed by atoms with van der Waals surface area (Å²) in [5.74, 6) is 2.17. The van der Waals surface area contributed by atoms with Gasteiger partial charge in [0.25, 0.3) is 0 Å². The first-order valence-electron chi connectivity index (χ1n) is 11.2. The lowest BCUT2D eigenvalue weighted by Crippen LogP contribution is -2.38. The van der Waals surface area contributed by atoms with E-state index < -0.39 is 0 Å². The van der Waals surface area contributed by atoms with Crippen molar-refractivity contribution in [3.8, 4) is 17.1 Å². The Morgan fingerprint density at radius 3 is 2.59 bits per heavy atom. The van der Waals surface area contributed by atoms with Gasteiger partial charge in [0.1, 0.15) is 11.6 Å². The van der Waals surface area contributed by atoms with Gasteiger partial charge in [0.2, 0.25) is 5.91 Å². The van der Waals surface area contributed by atoms with Gasteiger partial charge in [-0.1, -0.05) is 24.3 Å². The molecule has 1 aromatic heterocycles. The number of benzene rings is 2. The van der Waals surface area contributed by atoms with Crippen LogP contribution in [0.4, 0.5) is 4.39 Å². The van der Waals surface area contributed by atoms with Crippen molar-refractivity contribution in [1.29, 1.82) is 0 Å². The predicted molar refractivity (Wildman–Crippen MR) is 121 cm³/mol. The molecular formula is C26H29FN2O3. The smallest absolute Gasteiger partial charge is 0.223 e. The van der Waals surface area contributed by atoms with E-state index in [4.69, 9.17) is 9.15 Å². The Morgan fingerprint density at radius 2 is 1.88 bits per heavy atom. The molecule has 2 aromatic carbocycles. The lowest BCUT2D eigenvalue weighted by atomic mass is 9.90. The summed E-state index contributed by atoms with van der Waals surface area (Å²) in [6, 6.07) is 14.7. The zero-order chi connectivity index (χ0) is 22.3. The number of carbonyl (C=O) groups is 1. The van der Waals surface area contributed by atoms with Gasteiger partial charge < -0.3 is 14.1 Å². The minimum absolute atomic E-state index is 0.129. The first-order valence-corrected chi connectivity index (χ1v) is 11.2. The second-order valence-electron chi connectivity index (χ2n) is 8.31. The summed E-state index contributed by atoms with van der Waals surface area (Å²) in [7, 11) is 1.68. The van der Waals surface area contributed by atoms with E-state index >= 15 is 0 Å². The number of methoxy groups -OCH3 is 1. The lowest BCUT2D eigenvalue weighted by molar-refractivity contribution is -0.132. The van der Waals surface area contributed by atoms with E-state index in [1.807, 2.05) is 17.0 Å². The molecule has 1 aliphatic heterocycles. The zero-order valence-electron chi connectivity index (χ0n) is 18.4. The number of halogens is 1. The van der Waals surface area contributed by atoms with Crippen LogP contribution in [-0.4, -0.2) is 36.0 Å². The number of aromatic nitrogens is 1. The number of nitrogens with zero attached hydrogens (tertiary/aromatic N) is 2. The summed E-state index contributed by atoms with van der Waals surface area (Å²) in [6.07, 6.45) is 6.57. The standard InChI is InChI=1S/C26H29FN2O3/c1-31-21-10-8-19(9-11-21)6-7-20-14-16-29(17-15-20)26(30)13-12-25-28-18-24(32-25)22-4-2-3-5-23(22)27/h2-5,8-11,18,20H,6-7,12-17H2,1H3. The first-order chi connectivity index (χ1) is 15.6. The number of carbonyl (C=O) groups excluding carboxylic acids is 1. The number of ether oxygens (including phenoxy) is 1. The van der Waals surface area contributed by atoms with E-state index in [0.717, 1.165) is 44.5 Å². The minimum atomic E-state index is -0.346. The fourth-order valence-electron chi connectivity index (χ4n) is 4.22. The third-order valence-electron chi connectivity index (χ3n) is 6.21. The summed E-state index contributed by atoms with van der Waals surface area (Å²) in [4.78, 5) is 18.8. The second-order valence-corrected chi connectivity index (χ2v) is 8.31. The Balaban J connectivity index is 1.20. The van der Waals surface area contributed by atoms with Gasteiger partial charge in [-0.3, -0.25) is 4.79 Å². The van der Waals surface area contributed by atoms with Gasteiger partial charge in [0.05, 0.1) is 18.9 Å². The van der Waals surface area contributed by atoms with Crippen molar-refractivity contribution in [2.75, 3.05) is 20.2 Å².